The van der Waals surface area contributed by atoms with Crippen LogP contribution in [-0.4, -0.2) is 9.55 Å². The van der Waals surface area contributed by atoms with Crippen LogP contribution in [0.3, 0.4) is 0 Å². The molecule has 0 saturated carbocycles. The molecule has 0 saturated heterocycles. The van der Waals surface area contributed by atoms with Gasteiger partial charge < -0.3 is 4.42 Å². The van der Waals surface area contributed by atoms with Gasteiger partial charge >= 0.3 is 0 Å². The number of benzene rings is 5. The van der Waals surface area contributed by atoms with E-state index in [4.69, 9.17) is 13.5 Å². The maximum atomic E-state index is 10.1. The van der Waals surface area contributed by atoms with Gasteiger partial charge in [0.25, 0.3) is 0 Å². The fraction of sp³-hybridized carbons (Fsp3) is 0.179. The summed E-state index contributed by atoms with van der Waals surface area (Å²) in [6.07, 6.45) is 0. The standard InChI is InChI=1S/C39H33N3O/c1-23(2)31-20-27(26-12-7-6-8-13-26)21-32(24(3)4)36(31)42-35-17-10-9-16-34(35)41-39(42)30-15-11-14-28-29-19-18-25(5)33(22-40)38(29)43-37(28)30/h6-21,23-24H,1-5H3/i5D3. The molecule has 210 valence electrons. The number of furan rings is 1. The molecule has 0 fully saturated rings. The summed E-state index contributed by atoms with van der Waals surface area (Å²) in [5.41, 5.74) is 9.32. The van der Waals surface area contributed by atoms with Crippen LogP contribution < -0.4 is 0 Å². The Balaban J connectivity index is 1.58. The van der Waals surface area contributed by atoms with Gasteiger partial charge in [-0.3, -0.25) is 4.57 Å². The molecular weight excluding hydrogens is 526 g/mol. The highest BCUT2D eigenvalue weighted by Gasteiger charge is 2.25. The topological polar surface area (TPSA) is 54.8 Å². The second kappa shape index (κ2) is 10.3. The number of para-hydroxylation sites is 3. The smallest absolute Gasteiger partial charge is 0.153 e. The first kappa shape index (κ1) is 23.4. The minimum absolute atomic E-state index is 0.0167. The largest absolute Gasteiger partial charge is 0.454 e. The maximum absolute atomic E-state index is 10.1. The molecule has 0 amide bonds. The highest BCUT2D eigenvalue weighted by molar-refractivity contribution is 6.11. The zero-order valence-corrected chi connectivity index (χ0v) is 24.6. The van der Waals surface area contributed by atoms with Gasteiger partial charge in [0, 0.05) is 14.9 Å². The molecule has 7 rings (SSSR count). The van der Waals surface area contributed by atoms with Crippen LogP contribution in [0.2, 0.25) is 0 Å². The van der Waals surface area contributed by atoms with Gasteiger partial charge in [-0.2, -0.15) is 5.26 Å². The summed E-state index contributed by atoms with van der Waals surface area (Å²) in [5.74, 6) is 1.14. The first-order valence-corrected chi connectivity index (χ1v) is 14.7. The van der Waals surface area contributed by atoms with Gasteiger partial charge in [0.2, 0.25) is 0 Å². The Labute approximate surface area is 256 Å². The van der Waals surface area contributed by atoms with Crippen LogP contribution in [0.5, 0.6) is 0 Å². The zero-order valence-electron chi connectivity index (χ0n) is 27.6. The number of hydrogen-bond donors (Lipinski definition) is 0. The van der Waals surface area contributed by atoms with Gasteiger partial charge in [0.05, 0.1) is 27.8 Å². The second-order valence-corrected chi connectivity index (χ2v) is 11.7. The van der Waals surface area contributed by atoms with E-state index in [9.17, 15) is 5.26 Å². The second-order valence-electron chi connectivity index (χ2n) is 11.7. The van der Waals surface area contributed by atoms with Gasteiger partial charge in [-0.05, 0) is 76.8 Å². The van der Waals surface area contributed by atoms with Gasteiger partial charge in [-0.1, -0.05) is 94.4 Å². The first-order valence-electron chi connectivity index (χ1n) is 16.2. The number of nitrogens with zero attached hydrogens (tertiary/aromatic N) is 3. The van der Waals surface area contributed by atoms with Crippen molar-refractivity contribution in [2.45, 2.75) is 46.4 Å². The van der Waals surface area contributed by atoms with Crippen molar-refractivity contribution in [1.82, 2.24) is 9.55 Å². The molecule has 2 aromatic heterocycles. The predicted octanol–water partition coefficient (Wildman–Crippen LogP) is 10.7. The molecule has 0 bridgehead atoms. The van der Waals surface area contributed by atoms with Crippen molar-refractivity contribution in [2.24, 2.45) is 0 Å². The summed E-state index contributed by atoms with van der Waals surface area (Å²) < 4.78 is 32.7. The normalized spacial score (nSPS) is 13.1. The molecule has 7 aromatic rings. The first-order chi connectivity index (χ1) is 22.1. The lowest BCUT2D eigenvalue weighted by molar-refractivity contribution is 0.667. The van der Waals surface area contributed by atoms with E-state index in [1.165, 1.54) is 28.3 Å². The van der Waals surface area contributed by atoms with Crippen molar-refractivity contribution in [3.63, 3.8) is 0 Å². The summed E-state index contributed by atoms with van der Waals surface area (Å²) in [5, 5.41) is 11.6. The highest BCUT2D eigenvalue weighted by atomic mass is 16.3. The van der Waals surface area contributed by atoms with Crippen LogP contribution in [0.4, 0.5) is 0 Å². The fourth-order valence-corrected chi connectivity index (χ4v) is 6.20. The number of aryl methyl sites for hydroxylation is 1. The SMILES string of the molecule is [2H]C([2H])([2H])c1ccc2c(oc3c(-c4nc5ccccc5n4-c4c(C(C)C)cc(-c5ccccc5)cc4C(C)C)cccc32)c1C#N. The molecule has 43 heavy (non-hydrogen) atoms. The molecule has 0 unspecified atom stereocenters. The number of hydrogen-bond acceptors (Lipinski definition) is 3. The fourth-order valence-electron chi connectivity index (χ4n) is 6.20. The van der Waals surface area contributed by atoms with Crippen LogP contribution in [0.15, 0.2) is 101 Å². The Morgan fingerprint density at radius 1 is 0.767 bits per heavy atom. The lowest BCUT2D eigenvalue weighted by atomic mass is 9.88. The molecule has 4 nitrogen and oxygen atoms in total. The van der Waals surface area contributed by atoms with Crippen LogP contribution in [0.25, 0.3) is 61.2 Å². The van der Waals surface area contributed by atoms with E-state index in [1.807, 2.05) is 42.5 Å². The van der Waals surface area contributed by atoms with Crippen molar-refractivity contribution in [1.29, 1.82) is 5.26 Å². The summed E-state index contributed by atoms with van der Waals surface area (Å²) in [7, 11) is 0. The van der Waals surface area contributed by atoms with Crippen LogP contribution in [0, 0.1) is 18.2 Å². The molecule has 0 N–H and O–H groups in total. The number of rotatable bonds is 5. The summed E-state index contributed by atoms with van der Waals surface area (Å²) in [6, 6.07) is 34.5. The quantitative estimate of drug-likeness (QED) is 0.210. The third-order valence-corrected chi connectivity index (χ3v) is 8.32. The average molecular weight is 563 g/mol. The lowest BCUT2D eigenvalue weighted by Gasteiger charge is -2.24. The third kappa shape index (κ3) is 4.23. The molecule has 5 aromatic carbocycles. The molecule has 0 aliphatic rings. The van der Waals surface area contributed by atoms with Crippen molar-refractivity contribution < 1.29 is 8.53 Å². The van der Waals surface area contributed by atoms with Crippen molar-refractivity contribution in [2.75, 3.05) is 0 Å². The molecule has 4 heteroatoms. The van der Waals surface area contributed by atoms with E-state index in [-0.39, 0.29) is 28.5 Å². The molecule has 0 radical (unpaired) electrons. The van der Waals surface area contributed by atoms with Crippen LogP contribution in [-0.2, 0) is 0 Å². The Bertz CT molecular complexity index is 2290. The third-order valence-electron chi connectivity index (χ3n) is 8.32. The Morgan fingerprint density at radius 3 is 2.16 bits per heavy atom. The summed E-state index contributed by atoms with van der Waals surface area (Å²) in [4.78, 5) is 5.21. The molecule has 2 heterocycles. The number of nitriles is 1. The van der Waals surface area contributed by atoms with E-state index in [1.54, 1.807) is 6.07 Å². The van der Waals surface area contributed by atoms with Gasteiger partial charge in [0.1, 0.15) is 17.5 Å². The average Bonchev–Trinajstić information content (AvgIpc) is 3.62. The van der Waals surface area contributed by atoms with Crippen molar-refractivity contribution >= 4 is 33.0 Å². The van der Waals surface area contributed by atoms with Gasteiger partial charge in [-0.15, -0.1) is 0 Å². The van der Waals surface area contributed by atoms with E-state index in [0.29, 0.717) is 11.0 Å². The van der Waals surface area contributed by atoms with Crippen LogP contribution >= 0.6 is 0 Å². The Kier molecular flexibility index (Phi) is 5.61. The Hall–Kier alpha value is -5.14. The molecule has 0 atom stereocenters. The zero-order chi connectivity index (χ0) is 32.3. The molecule has 0 aliphatic heterocycles. The number of imidazole rings is 1. The molecule has 0 spiro atoms. The van der Waals surface area contributed by atoms with E-state index in [0.717, 1.165) is 33.5 Å². The van der Waals surface area contributed by atoms with E-state index >= 15 is 0 Å². The minimum atomic E-state index is -2.44. The highest BCUT2D eigenvalue weighted by Crippen LogP contribution is 2.43. The van der Waals surface area contributed by atoms with E-state index in [2.05, 4.69) is 80.8 Å². The number of aromatic nitrogens is 2. The maximum Gasteiger partial charge on any atom is 0.153 e. The molecule has 0 aliphatic carbocycles. The van der Waals surface area contributed by atoms with E-state index < -0.39 is 6.85 Å². The lowest BCUT2D eigenvalue weighted by Crippen LogP contribution is -2.09. The number of fused-ring (bicyclic) bond motifs is 4. The molecular formula is C39H33N3O. The van der Waals surface area contributed by atoms with Crippen LogP contribution in [0.1, 0.15) is 65.9 Å². The van der Waals surface area contributed by atoms with Gasteiger partial charge in [-0.25, -0.2) is 4.98 Å². The predicted molar refractivity (Wildman–Crippen MR) is 177 cm³/mol. The van der Waals surface area contributed by atoms with Crippen molar-refractivity contribution in [3.05, 3.63) is 119 Å². The van der Waals surface area contributed by atoms with Gasteiger partial charge in [0.15, 0.2) is 5.58 Å². The summed E-state index contributed by atoms with van der Waals surface area (Å²) in [6.45, 7) is 6.46. The Morgan fingerprint density at radius 2 is 1.47 bits per heavy atom. The summed E-state index contributed by atoms with van der Waals surface area (Å²) >= 11 is 0. The van der Waals surface area contributed by atoms with Crippen molar-refractivity contribution in [3.8, 4) is 34.3 Å². The minimum Gasteiger partial charge on any atom is -0.454 e. The monoisotopic (exact) mass is 562 g/mol.